The highest BCUT2D eigenvalue weighted by Gasteiger charge is 2.37. The highest BCUT2D eigenvalue weighted by molar-refractivity contribution is 6.42. The molecule has 0 saturated carbocycles. The molecule has 4 nitrogen and oxygen atoms in total. The van der Waals surface area contributed by atoms with Gasteiger partial charge in [0.1, 0.15) is 0 Å². The van der Waals surface area contributed by atoms with Crippen molar-refractivity contribution in [2.45, 2.75) is 57.5 Å². The van der Waals surface area contributed by atoms with Crippen LogP contribution < -0.4 is 0 Å². The topological polar surface area (TPSA) is 36.4 Å². The van der Waals surface area contributed by atoms with Gasteiger partial charge in [-0.2, -0.15) is 0 Å². The summed E-state index contributed by atoms with van der Waals surface area (Å²) in [4.78, 5) is 22.6. The van der Waals surface area contributed by atoms with E-state index >= 15 is 0 Å². The van der Waals surface area contributed by atoms with Crippen LogP contribution in [-0.2, 0) is 6.54 Å². The van der Waals surface area contributed by atoms with Crippen LogP contribution in [0.2, 0.25) is 10.0 Å². The van der Waals surface area contributed by atoms with Crippen LogP contribution in [0.1, 0.15) is 61.4 Å². The Morgan fingerprint density at radius 3 is 2.69 bits per heavy atom. The maximum Gasteiger partial charge on any atom is 0.162 e. The second kappa shape index (κ2) is 11.2. The first-order chi connectivity index (χ1) is 17.4. The van der Waals surface area contributed by atoms with E-state index in [-0.39, 0.29) is 11.3 Å². The first-order valence-electron chi connectivity index (χ1n) is 13.2. The number of rotatable bonds is 7. The zero-order valence-corrected chi connectivity index (χ0v) is 22.6. The molecule has 0 spiro atoms. The molecule has 2 aliphatic heterocycles. The molecule has 0 N–H and O–H groups in total. The minimum Gasteiger partial charge on any atom is -0.299 e. The summed E-state index contributed by atoms with van der Waals surface area (Å²) in [7, 11) is 0. The summed E-state index contributed by atoms with van der Waals surface area (Å²) in [5.41, 5.74) is 3.21. The molecule has 1 atom stereocenters. The molecule has 2 saturated heterocycles. The zero-order valence-electron chi connectivity index (χ0n) is 21.1. The van der Waals surface area contributed by atoms with Crippen LogP contribution in [0, 0.1) is 5.92 Å². The lowest BCUT2D eigenvalue weighted by Gasteiger charge is -2.50. The largest absolute Gasteiger partial charge is 0.299 e. The van der Waals surface area contributed by atoms with Crippen LogP contribution in [0.3, 0.4) is 0 Å². The van der Waals surface area contributed by atoms with Gasteiger partial charge < -0.3 is 0 Å². The molecule has 6 heteroatoms. The quantitative estimate of drug-likeness (QED) is 0.305. The number of nitrogens with zero attached hydrogens (tertiary/aromatic N) is 3. The SMILES string of the molecule is CC1(N2CCCC(CCC(=O)c3ccc4ncccc4c3)C2)CCN(Cc2ccc(Cl)c(Cl)c2)CC1. The number of piperidine rings is 2. The Kier molecular flexibility index (Phi) is 7.97. The van der Waals surface area contributed by atoms with Crippen molar-refractivity contribution in [1.29, 1.82) is 0 Å². The van der Waals surface area contributed by atoms with E-state index in [9.17, 15) is 4.79 Å². The second-order valence-corrected chi connectivity index (χ2v) is 11.7. The summed E-state index contributed by atoms with van der Waals surface area (Å²) >= 11 is 12.3. The van der Waals surface area contributed by atoms with Gasteiger partial charge in [-0.05, 0) is 93.5 Å². The Bertz CT molecular complexity index is 1220. The molecule has 3 aromatic rings. The van der Waals surface area contributed by atoms with E-state index in [2.05, 4.69) is 27.8 Å². The minimum absolute atomic E-state index is 0.238. The first-order valence-corrected chi connectivity index (χ1v) is 13.9. The third kappa shape index (κ3) is 5.94. The number of pyridine rings is 1. The van der Waals surface area contributed by atoms with Crippen molar-refractivity contribution in [3.05, 3.63) is 75.9 Å². The second-order valence-electron chi connectivity index (χ2n) is 10.8. The van der Waals surface area contributed by atoms with Crippen molar-refractivity contribution < 1.29 is 4.79 Å². The Labute approximate surface area is 224 Å². The summed E-state index contributed by atoms with van der Waals surface area (Å²) in [6, 6.07) is 15.8. The number of carbonyl (C=O) groups excluding carboxylic acids is 1. The normalized spacial score (nSPS) is 21.0. The molecular formula is C30H35Cl2N3O. The van der Waals surface area contributed by atoms with Gasteiger partial charge in [0.2, 0.25) is 0 Å². The van der Waals surface area contributed by atoms with E-state index in [1.165, 1.54) is 37.8 Å². The third-order valence-corrected chi connectivity index (χ3v) is 9.05. The molecule has 36 heavy (non-hydrogen) atoms. The number of Topliss-reactive ketones (excluding diaryl/α,β-unsaturated/α-hetero) is 1. The number of halogens is 2. The maximum atomic E-state index is 12.9. The van der Waals surface area contributed by atoms with Gasteiger partial charge >= 0.3 is 0 Å². The van der Waals surface area contributed by atoms with Crippen LogP contribution in [0.4, 0.5) is 0 Å². The average molecular weight is 525 g/mol. The Morgan fingerprint density at radius 1 is 1.06 bits per heavy atom. The van der Waals surface area contributed by atoms with Crippen LogP contribution in [0.5, 0.6) is 0 Å². The Balaban J connectivity index is 1.12. The standard InChI is InChI=1S/C30H35Cl2N3O/c1-30(12-16-34(17-13-30)20-23-6-9-26(31)27(32)18-23)35-15-3-4-22(21-35)7-11-29(36)25-8-10-28-24(19-25)5-2-14-33-28/h2,5-6,8-10,14,18-19,22H,3-4,7,11-13,15-17,20-21H2,1H3. The summed E-state index contributed by atoms with van der Waals surface area (Å²) in [6.07, 6.45) is 8.18. The predicted molar refractivity (Wildman–Crippen MR) is 149 cm³/mol. The van der Waals surface area contributed by atoms with Gasteiger partial charge in [0, 0.05) is 55.3 Å². The summed E-state index contributed by atoms with van der Waals surface area (Å²) in [5.74, 6) is 0.843. The highest BCUT2D eigenvalue weighted by atomic mass is 35.5. The fourth-order valence-corrected chi connectivity index (χ4v) is 6.25. The number of ketones is 1. The first kappa shape index (κ1) is 25.7. The van der Waals surface area contributed by atoms with E-state index in [0.717, 1.165) is 49.1 Å². The molecule has 1 unspecified atom stereocenters. The molecule has 0 aliphatic carbocycles. The molecule has 5 rings (SSSR count). The van der Waals surface area contributed by atoms with Gasteiger partial charge in [0.15, 0.2) is 5.78 Å². The van der Waals surface area contributed by atoms with Crippen molar-refractivity contribution in [2.75, 3.05) is 26.2 Å². The van der Waals surface area contributed by atoms with Crippen LogP contribution in [-0.4, -0.2) is 52.3 Å². The monoisotopic (exact) mass is 523 g/mol. The number of aromatic nitrogens is 1. The van der Waals surface area contributed by atoms with E-state index in [4.69, 9.17) is 23.2 Å². The molecule has 3 heterocycles. The smallest absolute Gasteiger partial charge is 0.162 e. The molecule has 2 aromatic carbocycles. The van der Waals surface area contributed by atoms with Gasteiger partial charge in [-0.1, -0.05) is 35.3 Å². The van der Waals surface area contributed by atoms with Crippen molar-refractivity contribution in [2.24, 2.45) is 5.92 Å². The molecule has 2 aliphatic rings. The molecule has 0 radical (unpaired) electrons. The molecular weight excluding hydrogens is 489 g/mol. The Hall–Kier alpha value is -1.98. The number of likely N-dealkylation sites (tertiary alicyclic amines) is 2. The lowest BCUT2D eigenvalue weighted by atomic mass is 9.83. The fourth-order valence-electron chi connectivity index (χ4n) is 5.92. The van der Waals surface area contributed by atoms with Gasteiger partial charge in [0.05, 0.1) is 15.6 Å². The number of benzene rings is 2. The van der Waals surface area contributed by atoms with Gasteiger partial charge in [-0.15, -0.1) is 0 Å². The van der Waals surface area contributed by atoms with Crippen molar-refractivity contribution in [3.8, 4) is 0 Å². The average Bonchev–Trinajstić information content (AvgIpc) is 2.90. The van der Waals surface area contributed by atoms with Crippen LogP contribution in [0.25, 0.3) is 10.9 Å². The van der Waals surface area contributed by atoms with Gasteiger partial charge in [-0.3, -0.25) is 19.6 Å². The lowest BCUT2D eigenvalue weighted by Crippen LogP contribution is -2.56. The number of fused-ring (bicyclic) bond motifs is 1. The maximum absolute atomic E-state index is 12.9. The summed E-state index contributed by atoms with van der Waals surface area (Å²) in [6.45, 7) is 7.83. The third-order valence-electron chi connectivity index (χ3n) is 8.31. The predicted octanol–water partition coefficient (Wildman–Crippen LogP) is 7.27. The van der Waals surface area contributed by atoms with Crippen LogP contribution in [0.15, 0.2) is 54.7 Å². The van der Waals surface area contributed by atoms with Gasteiger partial charge in [-0.25, -0.2) is 0 Å². The van der Waals surface area contributed by atoms with Crippen molar-refractivity contribution in [3.63, 3.8) is 0 Å². The van der Waals surface area contributed by atoms with Crippen molar-refractivity contribution in [1.82, 2.24) is 14.8 Å². The van der Waals surface area contributed by atoms with Gasteiger partial charge in [0.25, 0.3) is 0 Å². The number of hydrogen-bond acceptors (Lipinski definition) is 4. The molecule has 2 fully saturated rings. The van der Waals surface area contributed by atoms with E-state index in [1.807, 2.05) is 42.5 Å². The summed E-state index contributed by atoms with van der Waals surface area (Å²) in [5, 5.41) is 2.28. The number of hydrogen-bond donors (Lipinski definition) is 0. The van der Waals surface area contributed by atoms with E-state index < -0.39 is 0 Å². The lowest BCUT2D eigenvalue weighted by molar-refractivity contribution is 0.00244. The van der Waals surface area contributed by atoms with E-state index in [0.29, 0.717) is 22.4 Å². The highest BCUT2D eigenvalue weighted by Crippen LogP contribution is 2.34. The fraction of sp³-hybridized carbons (Fsp3) is 0.467. The Morgan fingerprint density at radius 2 is 1.89 bits per heavy atom. The minimum atomic E-state index is 0.238. The number of carbonyl (C=O) groups is 1. The van der Waals surface area contributed by atoms with Crippen molar-refractivity contribution >= 4 is 39.9 Å². The molecule has 0 bridgehead atoms. The molecule has 1 aromatic heterocycles. The summed E-state index contributed by atoms with van der Waals surface area (Å²) < 4.78 is 0. The van der Waals surface area contributed by atoms with E-state index in [1.54, 1.807) is 6.20 Å². The van der Waals surface area contributed by atoms with Crippen LogP contribution >= 0.6 is 23.2 Å². The molecule has 0 amide bonds. The zero-order chi connectivity index (χ0) is 25.1. The molecule has 190 valence electrons.